The Bertz CT molecular complexity index is 1180. The molecule has 2 aromatic heterocycles. The van der Waals surface area contributed by atoms with Gasteiger partial charge in [-0.2, -0.15) is 5.26 Å². The molecule has 0 saturated carbocycles. The number of nitrogens with zero attached hydrogens (tertiary/aromatic N) is 4. The van der Waals surface area contributed by atoms with Crippen molar-refractivity contribution in [2.75, 3.05) is 23.0 Å². The van der Waals surface area contributed by atoms with Crippen molar-refractivity contribution in [3.8, 4) is 11.8 Å². The number of hydrogen-bond donors (Lipinski definition) is 2. The maximum atomic E-state index is 13.4. The standard InChI is InChI=1S/C20H19FN6O3S2/c1-4-30-19(29)24-18-25-26-20(32-18)31-10-16(28)23-17-15(9-22)11(2)12(3)27(17)14-7-5-13(21)6-8-14/h5-8H,4,10H2,1-3H3,(H,23,28)(H,24,25,29). The van der Waals surface area contributed by atoms with Crippen LogP contribution in [-0.2, 0) is 9.53 Å². The largest absolute Gasteiger partial charge is 0.450 e. The van der Waals surface area contributed by atoms with Crippen LogP contribution in [0.3, 0.4) is 0 Å². The number of thioether (sulfide) groups is 1. The molecule has 166 valence electrons. The maximum absolute atomic E-state index is 13.4. The van der Waals surface area contributed by atoms with E-state index in [0.717, 1.165) is 34.4 Å². The first-order valence-electron chi connectivity index (χ1n) is 9.41. The molecule has 0 atom stereocenters. The maximum Gasteiger partial charge on any atom is 0.413 e. The average molecular weight is 475 g/mol. The molecule has 32 heavy (non-hydrogen) atoms. The van der Waals surface area contributed by atoms with Crippen molar-refractivity contribution in [3.63, 3.8) is 0 Å². The van der Waals surface area contributed by atoms with Crippen molar-refractivity contribution >= 4 is 46.0 Å². The minimum Gasteiger partial charge on any atom is -0.450 e. The van der Waals surface area contributed by atoms with E-state index in [0.29, 0.717) is 21.4 Å². The van der Waals surface area contributed by atoms with Crippen LogP contribution in [0.1, 0.15) is 23.7 Å². The zero-order chi connectivity index (χ0) is 23.3. The Morgan fingerprint density at radius 1 is 1.25 bits per heavy atom. The van der Waals surface area contributed by atoms with Crippen LogP contribution in [0, 0.1) is 31.0 Å². The third-order valence-electron chi connectivity index (χ3n) is 4.39. The number of rotatable bonds is 7. The Labute approximate surface area is 191 Å². The van der Waals surface area contributed by atoms with Crippen LogP contribution < -0.4 is 10.6 Å². The number of hydrogen-bond acceptors (Lipinski definition) is 8. The summed E-state index contributed by atoms with van der Waals surface area (Å²) in [5.74, 6) is -0.415. The number of aromatic nitrogens is 3. The summed E-state index contributed by atoms with van der Waals surface area (Å²) in [5, 5.41) is 22.9. The van der Waals surface area contributed by atoms with Gasteiger partial charge in [-0.05, 0) is 50.6 Å². The first kappa shape index (κ1) is 23.2. The van der Waals surface area contributed by atoms with E-state index in [-0.39, 0.29) is 29.2 Å². The predicted octanol–water partition coefficient (Wildman–Crippen LogP) is 4.26. The van der Waals surface area contributed by atoms with E-state index in [1.807, 2.05) is 6.92 Å². The van der Waals surface area contributed by atoms with Crippen LogP contribution in [-0.4, -0.2) is 39.1 Å². The van der Waals surface area contributed by atoms with Gasteiger partial charge in [-0.15, -0.1) is 10.2 Å². The summed E-state index contributed by atoms with van der Waals surface area (Å²) in [7, 11) is 0. The van der Waals surface area contributed by atoms with Gasteiger partial charge in [0.25, 0.3) is 0 Å². The van der Waals surface area contributed by atoms with Crippen LogP contribution in [0.25, 0.3) is 5.69 Å². The summed E-state index contributed by atoms with van der Waals surface area (Å²) in [4.78, 5) is 24.1. The number of amides is 2. The molecule has 0 radical (unpaired) electrons. The van der Waals surface area contributed by atoms with Crippen LogP contribution in [0.4, 0.5) is 20.1 Å². The number of nitrogens with one attached hydrogen (secondary N) is 2. The van der Waals surface area contributed by atoms with Crippen molar-refractivity contribution in [3.05, 3.63) is 46.9 Å². The van der Waals surface area contributed by atoms with E-state index in [1.165, 1.54) is 12.1 Å². The van der Waals surface area contributed by atoms with Crippen molar-refractivity contribution in [1.29, 1.82) is 5.26 Å². The zero-order valence-electron chi connectivity index (χ0n) is 17.4. The minimum absolute atomic E-state index is 0.00556. The van der Waals surface area contributed by atoms with E-state index in [9.17, 15) is 19.2 Å². The normalized spacial score (nSPS) is 10.5. The van der Waals surface area contributed by atoms with E-state index < -0.39 is 6.09 Å². The zero-order valence-corrected chi connectivity index (χ0v) is 19.1. The number of halogens is 1. The molecular weight excluding hydrogens is 455 g/mol. The number of nitriles is 1. The van der Waals surface area contributed by atoms with E-state index in [4.69, 9.17) is 4.74 Å². The lowest BCUT2D eigenvalue weighted by molar-refractivity contribution is -0.113. The molecule has 0 fully saturated rings. The van der Waals surface area contributed by atoms with E-state index >= 15 is 0 Å². The summed E-state index contributed by atoms with van der Waals surface area (Å²) in [6.45, 7) is 5.53. The summed E-state index contributed by atoms with van der Waals surface area (Å²) >= 11 is 2.24. The van der Waals surface area contributed by atoms with Crippen LogP contribution in [0.15, 0.2) is 28.6 Å². The van der Waals surface area contributed by atoms with Crippen LogP contribution >= 0.6 is 23.1 Å². The van der Waals surface area contributed by atoms with Crippen LogP contribution in [0.2, 0.25) is 0 Å². The Morgan fingerprint density at radius 2 is 1.97 bits per heavy atom. The van der Waals surface area contributed by atoms with E-state index in [2.05, 4.69) is 26.9 Å². The molecule has 2 N–H and O–H groups in total. The van der Waals surface area contributed by atoms with Gasteiger partial charge >= 0.3 is 6.09 Å². The number of carbonyl (C=O) groups excluding carboxylic acids is 2. The molecule has 1 aromatic carbocycles. The quantitative estimate of drug-likeness (QED) is 0.388. The highest BCUT2D eigenvalue weighted by molar-refractivity contribution is 8.01. The van der Waals surface area contributed by atoms with Gasteiger partial charge in [0.2, 0.25) is 11.0 Å². The SMILES string of the molecule is CCOC(=O)Nc1nnc(SCC(=O)Nc2c(C#N)c(C)c(C)n2-c2ccc(F)cc2)s1. The van der Waals surface area contributed by atoms with Gasteiger partial charge in [-0.3, -0.25) is 14.7 Å². The number of carbonyl (C=O) groups is 2. The van der Waals surface area contributed by atoms with Crippen molar-refractivity contribution < 1.29 is 18.7 Å². The highest BCUT2D eigenvalue weighted by atomic mass is 32.2. The van der Waals surface area contributed by atoms with Crippen molar-refractivity contribution in [2.24, 2.45) is 0 Å². The lowest BCUT2D eigenvalue weighted by Gasteiger charge is -2.13. The van der Waals surface area contributed by atoms with Gasteiger partial charge in [0.15, 0.2) is 4.34 Å². The number of benzene rings is 1. The molecule has 12 heteroatoms. The fraction of sp³-hybridized carbons (Fsp3) is 0.250. The van der Waals surface area contributed by atoms with Crippen molar-refractivity contribution in [1.82, 2.24) is 14.8 Å². The van der Waals surface area contributed by atoms with Gasteiger partial charge in [0.05, 0.1) is 17.9 Å². The van der Waals surface area contributed by atoms with Gasteiger partial charge in [-0.1, -0.05) is 23.1 Å². The first-order valence-corrected chi connectivity index (χ1v) is 11.2. The molecule has 3 rings (SSSR count). The van der Waals surface area contributed by atoms with Gasteiger partial charge in [0.1, 0.15) is 17.7 Å². The molecule has 0 aliphatic carbocycles. The van der Waals surface area contributed by atoms with E-state index in [1.54, 1.807) is 30.5 Å². The molecule has 9 nitrogen and oxygen atoms in total. The molecular formula is C20H19FN6O3S2. The highest BCUT2D eigenvalue weighted by Gasteiger charge is 2.21. The lowest BCUT2D eigenvalue weighted by Crippen LogP contribution is -2.17. The third kappa shape index (κ3) is 5.24. The Morgan fingerprint density at radius 3 is 2.62 bits per heavy atom. The van der Waals surface area contributed by atoms with Crippen LogP contribution in [0.5, 0.6) is 0 Å². The molecule has 2 amide bonds. The summed E-state index contributed by atoms with van der Waals surface area (Å²) in [6.07, 6.45) is -0.630. The fourth-order valence-electron chi connectivity index (χ4n) is 2.84. The second-order valence-corrected chi connectivity index (χ2v) is 8.61. The molecule has 2 heterocycles. The Hall–Kier alpha value is -3.43. The predicted molar refractivity (Wildman–Crippen MR) is 120 cm³/mol. The monoisotopic (exact) mass is 474 g/mol. The number of ether oxygens (including phenoxy) is 1. The molecule has 3 aromatic rings. The van der Waals surface area contributed by atoms with Gasteiger partial charge < -0.3 is 10.1 Å². The second kappa shape index (κ2) is 10.3. The number of anilines is 2. The summed E-state index contributed by atoms with van der Waals surface area (Å²) < 4.78 is 20.3. The third-order valence-corrected chi connectivity index (χ3v) is 6.36. The molecule has 0 saturated heterocycles. The smallest absolute Gasteiger partial charge is 0.413 e. The summed E-state index contributed by atoms with van der Waals surface area (Å²) in [5.41, 5.74) is 2.44. The topological polar surface area (TPSA) is 122 Å². The molecule has 0 unspecified atom stereocenters. The molecule has 0 aliphatic heterocycles. The lowest BCUT2D eigenvalue weighted by atomic mass is 10.2. The van der Waals surface area contributed by atoms with Crippen molar-refractivity contribution in [2.45, 2.75) is 25.1 Å². The first-order chi connectivity index (χ1) is 15.3. The molecule has 0 aliphatic rings. The molecule has 0 spiro atoms. The Kier molecular flexibility index (Phi) is 7.45. The van der Waals surface area contributed by atoms with Gasteiger partial charge in [-0.25, -0.2) is 9.18 Å². The minimum atomic E-state index is -0.630. The second-order valence-electron chi connectivity index (χ2n) is 6.41. The fourth-order valence-corrected chi connectivity index (χ4v) is 4.38. The Balaban J connectivity index is 1.73. The highest BCUT2D eigenvalue weighted by Crippen LogP contribution is 2.31. The van der Waals surface area contributed by atoms with Gasteiger partial charge in [0, 0.05) is 11.4 Å². The molecule has 0 bridgehead atoms. The average Bonchev–Trinajstić information content (AvgIpc) is 3.29. The summed E-state index contributed by atoms with van der Waals surface area (Å²) in [6, 6.07) is 7.91.